The highest BCUT2D eigenvalue weighted by molar-refractivity contribution is 7.92. The maximum atomic E-state index is 12.9. The van der Waals surface area contributed by atoms with Crippen molar-refractivity contribution in [3.63, 3.8) is 0 Å². The highest BCUT2D eigenvalue weighted by Crippen LogP contribution is 2.29. The quantitative estimate of drug-likeness (QED) is 0.925. The van der Waals surface area contributed by atoms with Crippen LogP contribution in [0.3, 0.4) is 0 Å². The first-order valence-corrected chi connectivity index (χ1v) is 9.47. The van der Waals surface area contributed by atoms with Gasteiger partial charge in [-0.3, -0.25) is 4.72 Å². The molecule has 2 aromatic rings. The van der Waals surface area contributed by atoms with Gasteiger partial charge in [-0.05, 0) is 43.2 Å². The molecular weight excluding hydrogens is 324 g/mol. The van der Waals surface area contributed by atoms with Crippen molar-refractivity contribution in [3.8, 4) is 0 Å². The van der Waals surface area contributed by atoms with E-state index >= 15 is 0 Å². The largest absolute Gasteiger partial charge is 0.378 e. The molecule has 2 aromatic carbocycles. The standard InChI is InChI=1S/C18H22N2O3S/c1-14-7-8-15(2)18(13-14)24(21,22)19-16-5-3-4-6-17(16)20-9-11-23-12-10-20/h3-8,13,19H,9-12H2,1-2H3. The molecule has 1 saturated heterocycles. The molecule has 1 fully saturated rings. The average molecular weight is 346 g/mol. The third-order valence-corrected chi connectivity index (χ3v) is 5.64. The summed E-state index contributed by atoms with van der Waals surface area (Å²) in [6.07, 6.45) is 0. The Morgan fingerprint density at radius 2 is 1.75 bits per heavy atom. The molecule has 1 aliphatic heterocycles. The maximum absolute atomic E-state index is 12.9. The summed E-state index contributed by atoms with van der Waals surface area (Å²) in [5, 5.41) is 0. The van der Waals surface area contributed by atoms with Crippen molar-refractivity contribution in [2.24, 2.45) is 0 Å². The Morgan fingerprint density at radius 3 is 2.50 bits per heavy atom. The van der Waals surface area contributed by atoms with Crippen molar-refractivity contribution in [2.45, 2.75) is 18.7 Å². The van der Waals surface area contributed by atoms with Crippen LogP contribution in [0.5, 0.6) is 0 Å². The number of morpholine rings is 1. The molecule has 1 heterocycles. The normalized spacial score (nSPS) is 15.3. The number of nitrogens with zero attached hydrogens (tertiary/aromatic N) is 1. The van der Waals surface area contributed by atoms with Gasteiger partial charge in [0.1, 0.15) is 0 Å². The van der Waals surface area contributed by atoms with Crippen LogP contribution < -0.4 is 9.62 Å². The van der Waals surface area contributed by atoms with Crippen LogP contribution >= 0.6 is 0 Å². The number of ether oxygens (including phenoxy) is 1. The molecule has 128 valence electrons. The molecule has 0 saturated carbocycles. The maximum Gasteiger partial charge on any atom is 0.262 e. The fraction of sp³-hybridized carbons (Fsp3) is 0.333. The van der Waals surface area contributed by atoms with Gasteiger partial charge in [-0.15, -0.1) is 0 Å². The highest BCUT2D eigenvalue weighted by atomic mass is 32.2. The molecule has 1 N–H and O–H groups in total. The number of sulfonamides is 1. The fourth-order valence-electron chi connectivity index (χ4n) is 2.84. The Labute approximate surface area is 143 Å². The van der Waals surface area contributed by atoms with Crippen LogP contribution in [0.15, 0.2) is 47.4 Å². The van der Waals surface area contributed by atoms with Crippen LogP contribution in [-0.2, 0) is 14.8 Å². The number of benzene rings is 2. The average Bonchev–Trinajstić information content (AvgIpc) is 2.58. The number of nitrogens with one attached hydrogen (secondary N) is 1. The molecule has 3 rings (SSSR count). The molecule has 6 heteroatoms. The molecule has 0 bridgehead atoms. The van der Waals surface area contributed by atoms with Crippen LogP contribution in [0.2, 0.25) is 0 Å². The molecule has 24 heavy (non-hydrogen) atoms. The molecule has 0 unspecified atom stereocenters. The Kier molecular flexibility index (Phi) is 4.78. The minimum absolute atomic E-state index is 0.319. The van der Waals surface area contributed by atoms with Crippen molar-refractivity contribution < 1.29 is 13.2 Å². The van der Waals surface area contributed by atoms with E-state index < -0.39 is 10.0 Å². The van der Waals surface area contributed by atoms with Crippen LogP contribution in [0.25, 0.3) is 0 Å². The summed E-state index contributed by atoms with van der Waals surface area (Å²) in [4.78, 5) is 2.46. The van der Waals surface area contributed by atoms with E-state index in [1.165, 1.54) is 0 Å². The summed E-state index contributed by atoms with van der Waals surface area (Å²) in [5.74, 6) is 0. The van der Waals surface area contributed by atoms with E-state index in [0.29, 0.717) is 23.8 Å². The van der Waals surface area contributed by atoms with E-state index in [1.54, 1.807) is 12.1 Å². The zero-order valence-electron chi connectivity index (χ0n) is 14.0. The van der Waals surface area contributed by atoms with Crippen LogP contribution in [-0.4, -0.2) is 34.7 Å². The van der Waals surface area contributed by atoms with Gasteiger partial charge in [0.15, 0.2) is 0 Å². The second-order valence-corrected chi connectivity index (χ2v) is 7.64. The van der Waals surface area contributed by atoms with Crippen LogP contribution in [0.1, 0.15) is 11.1 Å². The molecule has 0 aromatic heterocycles. The van der Waals surface area contributed by atoms with Crippen LogP contribution in [0.4, 0.5) is 11.4 Å². The molecule has 1 aliphatic rings. The molecule has 5 nitrogen and oxygen atoms in total. The predicted molar refractivity (Wildman–Crippen MR) is 96.2 cm³/mol. The number of para-hydroxylation sites is 2. The molecule has 0 atom stereocenters. The number of aryl methyl sites for hydroxylation is 2. The van der Waals surface area contributed by atoms with Gasteiger partial charge >= 0.3 is 0 Å². The topological polar surface area (TPSA) is 58.6 Å². The lowest BCUT2D eigenvalue weighted by atomic mass is 10.2. The molecule has 0 aliphatic carbocycles. The van der Waals surface area contributed by atoms with Crippen LogP contribution in [0, 0.1) is 13.8 Å². The molecular formula is C18H22N2O3S. The van der Waals surface area contributed by atoms with E-state index in [1.807, 2.05) is 44.2 Å². The Hall–Kier alpha value is -2.05. The van der Waals surface area contributed by atoms with Gasteiger partial charge in [-0.2, -0.15) is 0 Å². The first kappa shape index (κ1) is 16.8. The SMILES string of the molecule is Cc1ccc(C)c(S(=O)(=O)Nc2ccccc2N2CCOCC2)c1. The second-order valence-electron chi connectivity index (χ2n) is 5.99. The first-order chi connectivity index (χ1) is 11.5. The van der Waals surface area contributed by atoms with Crippen molar-refractivity contribution in [1.29, 1.82) is 0 Å². The smallest absolute Gasteiger partial charge is 0.262 e. The summed E-state index contributed by atoms with van der Waals surface area (Å²) in [5.41, 5.74) is 3.13. The lowest BCUT2D eigenvalue weighted by molar-refractivity contribution is 0.123. The van der Waals surface area contributed by atoms with Gasteiger partial charge in [0.05, 0.1) is 29.5 Å². The number of rotatable bonds is 4. The van der Waals surface area contributed by atoms with Gasteiger partial charge < -0.3 is 9.64 Å². The third kappa shape index (κ3) is 3.55. The minimum Gasteiger partial charge on any atom is -0.378 e. The van der Waals surface area contributed by atoms with Gasteiger partial charge in [-0.25, -0.2) is 8.42 Å². The highest BCUT2D eigenvalue weighted by Gasteiger charge is 2.21. The van der Waals surface area contributed by atoms with E-state index in [0.717, 1.165) is 29.9 Å². The third-order valence-electron chi connectivity index (χ3n) is 4.13. The Bertz CT molecular complexity index is 828. The van der Waals surface area contributed by atoms with Crippen molar-refractivity contribution in [2.75, 3.05) is 35.9 Å². The number of hydrogen-bond acceptors (Lipinski definition) is 4. The van der Waals surface area contributed by atoms with Crippen molar-refractivity contribution >= 4 is 21.4 Å². The van der Waals surface area contributed by atoms with Crippen molar-refractivity contribution in [1.82, 2.24) is 0 Å². The van der Waals surface area contributed by atoms with Crippen molar-refractivity contribution in [3.05, 3.63) is 53.6 Å². The summed E-state index contributed by atoms with van der Waals surface area (Å²) in [6.45, 7) is 6.50. The van der Waals surface area contributed by atoms with E-state index in [-0.39, 0.29) is 0 Å². The van der Waals surface area contributed by atoms with Gasteiger partial charge in [0.2, 0.25) is 0 Å². The van der Waals surface area contributed by atoms with Gasteiger partial charge in [0.25, 0.3) is 10.0 Å². The molecule has 0 radical (unpaired) electrons. The summed E-state index contributed by atoms with van der Waals surface area (Å²) >= 11 is 0. The molecule has 0 spiro atoms. The first-order valence-electron chi connectivity index (χ1n) is 7.99. The van der Waals surface area contributed by atoms with Gasteiger partial charge in [0, 0.05) is 13.1 Å². The van der Waals surface area contributed by atoms with E-state index in [4.69, 9.17) is 4.74 Å². The van der Waals surface area contributed by atoms with E-state index in [2.05, 4.69) is 9.62 Å². The number of hydrogen-bond donors (Lipinski definition) is 1. The summed E-state index contributed by atoms with van der Waals surface area (Å²) in [6, 6.07) is 12.9. The summed E-state index contributed by atoms with van der Waals surface area (Å²) < 4.78 is 33.8. The summed E-state index contributed by atoms with van der Waals surface area (Å²) in [7, 11) is -3.64. The Morgan fingerprint density at radius 1 is 1.04 bits per heavy atom. The van der Waals surface area contributed by atoms with Gasteiger partial charge in [-0.1, -0.05) is 24.3 Å². The fourth-order valence-corrected chi connectivity index (χ4v) is 4.24. The van der Waals surface area contributed by atoms with E-state index in [9.17, 15) is 8.42 Å². The zero-order chi connectivity index (χ0) is 17.2. The monoisotopic (exact) mass is 346 g/mol. The minimum atomic E-state index is -3.64. The lowest BCUT2D eigenvalue weighted by Gasteiger charge is -2.30. The second kappa shape index (κ2) is 6.83. The zero-order valence-corrected chi connectivity index (χ0v) is 14.8. The lowest BCUT2D eigenvalue weighted by Crippen LogP contribution is -2.36. The number of anilines is 2. The molecule has 0 amide bonds. The predicted octanol–water partition coefficient (Wildman–Crippen LogP) is 2.94. The Balaban J connectivity index is 1.94.